The van der Waals surface area contributed by atoms with Crippen molar-refractivity contribution in [2.75, 3.05) is 5.32 Å². The number of nitrogens with zero attached hydrogens (tertiary/aromatic N) is 1. The van der Waals surface area contributed by atoms with E-state index in [1.807, 2.05) is 31.2 Å². The molecule has 0 fully saturated rings. The molecule has 0 aliphatic heterocycles. The van der Waals surface area contributed by atoms with E-state index in [4.69, 9.17) is 16.3 Å². The summed E-state index contributed by atoms with van der Waals surface area (Å²) in [5.74, 6) is 0.403. The number of nitrogens with one attached hydrogen (secondary N) is 1. The van der Waals surface area contributed by atoms with Crippen molar-refractivity contribution in [3.63, 3.8) is 0 Å². The Bertz CT molecular complexity index is 830. The van der Waals surface area contributed by atoms with Crippen LogP contribution in [0.2, 0.25) is 5.02 Å². The second-order valence-corrected chi connectivity index (χ2v) is 6.61. The molecule has 2 aromatic carbocycles. The number of benzene rings is 2. The number of amides is 1. The van der Waals surface area contributed by atoms with Gasteiger partial charge < -0.3 is 4.74 Å². The maximum atomic E-state index is 12.3. The molecule has 0 saturated heterocycles. The van der Waals surface area contributed by atoms with Crippen molar-refractivity contribution in [1.82, 2.24) is 4.98 Å². The molecule has 0 aliphatic rings. The Morgan fingerprint density at radius 2 is 2.09 bits per heavy atom. The molecule has 6 heteroatoms. The number of thiazole rings is 1. The van der Waals surface area contributed by atoms with Crippen molar-refractivity contribution < 1.29 is 9.53 Å². The second kappa shape index (κ2) is 6.56. The molecule has 1 heterocycles. The lowest BCUT2D eigenvalue weighted by molar-refractivity contribution is -0.122. The average molecular weight is 347 g/mol. The van der Waals surface area contributed by atoms with Crippen molar-refractivity contribution in [3.8, 4) is 5.75 Å². The summed E-state index contributed by atoms with van der Waals surface area (Å²) in [6.07, 6.45) is -0.637. The zero-order valence-electron chi connectivity index (χ0n) is 12.7. The number of para-hydroxylation sites is 1. The minimum Gasteiger partial charge on any atom is -0.481 e. The van der Waals surface area contributed by atoms with Gasteiger partial charge in [0, 0.05) is 5.02 Å². The van der Waals surface area contributed by atoms with E-state index in [9.17, 15) is 4.79 Å². The average Bonchev–Trinajstić information content (AvgIpc) is 2.92. The minimum atomic E-state index is -0.637. The molecule has 4 nitrogen and oxygen atoms in total. The molecule has 23 heavy (non-hydrogen) atoms. The molecule has 1 N–H and O–H groups in total. The van der Waals surface area contributed by atoms with Crippen LogP contribution in [0, 0.1) is 6.92 Å². The SMILES string of the molecule is Cc1cc(Cl)ccc1O[C@@H](C)C(=O)Nc1nc2ccccc2s1. The minimum absolute atomic E-state index is 0.238. The molecule has 1 amide bonds. The molecule has 0 radical (unpaired) electrons. The summed E-state index contributed by atoms with van der Waals surface area (Å²) in [5, 5.41) is 4.01. The number of carbonyl (C=O) groups is 1. The first-order valence-electron chi connectivity index (χ1n) is 7.12. The van der Waals surface area contributed by atoms with Crippen molar-refractivity contribution in [2.45, 2.75) is 20.0 Å². The lowest BCUT2D eigenvalue weighted by Crippen LogP contribution is -2.30. The maximum Gasteiger partial charge on any atom is 0.266 e. The fourth-order valence-corrected chi connectivity index (χ4v) is 3.22. The van der Waals surface area contributed by atoms with Gasteiger partial charge in [-0.1, -0.05) is 35.1 Å². The predicted octanol–water partition coefficient (Wildman–Crippen LogP) is 4.66. The van der Waals surface area contributed by atoms with Crippen LogP contribution in [0.1, 0.15) is 12.5 Å². The number of carbonyl (C=O) groups excluding carboxylic acids is 1. The first kappa shape index (κ1) is 15.8. The van der Waals surface area contributed by atoms with Crippen LogP contribution in [-0.4, -0.2) is 17.0 Å². The molecular formula is C17H15ClN2O2S. The largest absolute Gasteiger partial charge is 0.481 e. The standard InChI is InChI=1S/C17H15ClN2O2S/c1-10-9-12(18)7-8-14(10)22-11(2)16(21)20-17-19-13-5-3-4-6-15(13)23-17/h3-9,11H,1-2H3,(H,19,20,21)/t11-/m0/s1. The Morgan fingerprint density at radius 1 is 1.30 bits per heavy atom. The number of halogens is 1. The van der Waals surface area contributed by atoms with Gasteiger partial charge in [-0.05, 0) is 49.7 Å². The molecule has 3 rings (SSSR count). The molecule has 0 spiro atoms. The van der Waals surface area contributed by atoms with E-state index < -0.39 is 6.10 Å². The summed E-state index contributed by atoms with van der Waals surface area (Å²) in [4.78, 5) is 16.7. The molecule has 0 bridgehead atoms. The maximum absolute atomic E-state index is 12.3. The van der Waals surface area contributed by atoms with E-state index in [2.05, 4.69) is 10.3 Å². The number of ether oxygens (including phenoxy) is 1. The van der Waals surface area contributed by atoms with Gasteiger partial charge in [-0.3, -0.25) is 10.1 Å². The van der Waals surface area contributed by atoms with Crippen LogP contribution in [0.4, 0.5) is 5.13 Å². The van der Waals surface area contributed by atoms with E-state index >= 15 is 0 Å². The topological polar surface area (TPSA) is 51.2 Å². The van der Waals surface area contributed by atoms with E-state index in [1.165, 1.54) is 11.3 Å². The quantitative estimate of drug-likeness (QED) is 0.747. The van der Waals surface area contributed by atoms with E-state index in [-0.39, 0.29) is 5.91 Å². The number of hydrogen-bond donors (Lipinski definition) is 1. The fraction of sp³-hybridized carbons (Fsp3) is 0.176. The lowest BCUT2D eigenvalue weighted by Gasteiger charge is -2.15. The van der Waals surface area contributed by atoms with Gasteiger partial charge in [-0.2, -0.15) is 0 Å². The highest BCUT2D eigenvalue weighted by Crippen LogP contribution is 2.26. The van der Waals surface area contributed by atoms with Crippen LogP contribution in [0.3, 0.4) is 0 Å². The number of hydrogen-bond acceptors (Lipinski definition) is 4. The molecular weight excluding hydrogens is 332 g/mol. The lowest BCUT2D eigenvalue weighted by atomic mass is 10.2. The fourth-order valence-electron chi connectivity index (χ4n) is 2.12. The third-order valence-corrected chi connectivity index (χ3v) is 4.52. The molecule has 118 valence electrons. The summed E-state index contributed by atoms with van der Waals surface area (Å²) in [6.45, 7) is 3.59. The summed E-state index contributed by atoms with van der Waals surface area (Å²) in [7, 11) is 0. The third kappa shape index (κ3) is 3.63. The van der Waals surface area contributed by atoms with Gasteiger partial charge in [0.1, 0.15) is 5.75 Å². The zero-order valence-corrected chi connectivity index (χ0v) is 14.2. The number of aromatic nitrogens is 1. The van der Waals surface area contributed by atoms with Gasteiger partial charge in [0.25, 0.3) is 5.91 Å². The number of aryl methyl sites for hydroxylation is 1. The smallest absolute Gasteiger partial charge is 0.266 e. The Hall–Kier alpha value is -2.11. The number of fused-ring (bicyclic) bond motifs is 1. The first-order valence-corrected chi connectivity index (χ1v) is 8.31. The number of rotatable bonds is 4. The highest BCUT2D eigenvalue weighted by Gasteiger charge is 2.17. The summed E-state index contributed by atoms with van der Waals surface area (Å²) >= 11 is 7.36. The Balaban J connectivity index is 1.69. The zero-order chi connectivity index (χ0) is 16.4. The van der Waals surface area contributed by atoms with E-state index in [1.54, 1.807) is 25.1 Å². The van der Waals surface area contributed by atoms with Gasteiger partial charge in [0.15, 0.2) is 11.2 Å². The van der Waals surface area contributed by atoms with Gasteiger partial charge in [-0.15, -0.1) is 0 Å². The highest BCUT2D eigenvalue weighted by molar-refractivity contribution is 7.22. The molecule has 1 atom stereocenters. The van der Waals surface area contributed by atoms with Crippen LogP contribution in [0.5, 0.6) is 5.75 Å². The highest BCUT2D eigenvalue weighted by atomic mass is 35.5. The van der Waals surface area contributed by atoms with E-state index in [0.717, 1.165) is 15.8 Å². The van der Waals surface area contributed by atoms with Crippen molar-refractivity contribution in [1.29, 1.82) is 0 Å². The van der Waals surface area contributed by atoms with Gasteiger partial charge in [0.05, 0.1) is 10.2 Å². The summed E-state index contributed by atoms with van der Waals surface area (Å²) in [5.41, 5.74) is 1.76. The molecule has 1 aromatic heterocycles. The van der Waals surface area contributed by atoms with E-state index in [0.29, 0.717) is 15.9 Å². The Kier molecular flexibility index (Phi) is 4.50. The van der Waals surface area contributed by atoms with Gasteiger partial charge >= 0.3 is 0 Å². The monoisotopic (exact) mass is 346 g/mol. The molecule has 3 aromatic rings. The Labute approximate surface area is 143 Å². The molecule has 0 saturated carbocycles. The Morgan fingerprint density at radius 3 is 2.83 bits per heavy atom. The van der Waals surface area contributed by atoms with Crippen LogP contribution < -0.4 is 10.1 Å². The number of anilines is 1. The second-order valence-electron chi connectivity index (χ2n) is 5.15. The van der Waals surface area contributed by atoms with Crippen LogP contribution in [-0.2, 0) is 4.79 Å². The van der Waals surface area contributed by atoms with Crippen molar-refractivity contribution >= 4 is 44.2 Å². The predicted molar refractivity (Wildman–Crippen MR) is 94.5 cm³/mol. The van der Waals surface area contributed by atoms with Gasteiger partial charge in [-0.25, -0.2) is 4.98 Å². The summed E-state index contributed by atoms with van der Waals surface area (Å²) < 4.78 is 6.75. The molecule has 0 unspecified atom stereocenters. The van der Waals surface area contributed by atoms with Crippen LogP contribution in [0.25, 0.3) is 10.2 Å². The summed E-state index contributed by atoms with van der Waals surface area (Å²) in [6, 6.07) is 13.1. The third-order valence-electron chi connectivity index (χ3n) is 3.33. The molecule has 0 aliphatic carbocycles. The van der Waals surface area contributed by atoms with Gasteiger partial charge in [0.2, 0.25) is 0 Å². The normalized spacial score (nSPS) is 12.1. The van der Waals surface area contributed by atoms with Crippen LogP contribution >= 0.6 is 22.9 Å². The van der Waals surface area contributed by atoms with Crippen LogP contribution in [0.15, 0.2) is 42.5 Å². The van der Waals surface area contributed by atoms with Crippen molar-refractivity contribution in [3.05, 3.63) is 53.1 Å². The van der Waals surface area contributed by atoms with Crippen molar-refractivity contribution in [2.24, 2.45) is 0 Å². The first-order chi connectivity index (χ1) is 11.0.